The summed E-state index contributed by atoms with van der Waals surface area (Å²) in [6.07, 6.45) is 1.02. The molecule has 1 unspecified atom stereocenters. The maximum absolute atomic E-state index is 10.6. The molecule has 0 amide bonds. The lowest BCUT2D eigenvalue weighted by atomic mass is 10.3. The van der Waals surface area contributed by atoms with Crippen molar-refractivity contribution in [2.75, 3.05) is 7.11 Å². The summed E-state index contributed by atoms with van der Waals surface area (Å²) in [5.41, 5.74) is 0. The van der Waals surface area contributed by atoms with E-state index in [0.29, 0.717) is 5.92 Å². The van der Waals surface area contributed by atoms with Crippen molar-refractivity contribution >= 4 is 5.97 Å². The van der Waals surface area contributed by atoms with E-state index in [-0.39, 0.29) is 11.9 Å². The smallest absolute Gasteiger partial charge is 0.308 e. The second-order valence-corrected chi connectivity index (χ2v) is 2.34. The third-order valence-electron chi connectivity index (χ3n) is 1.61. The zero-order chi connectivity index (χ0) is 6.15. The SMILES string of the molecule is COC(=O)[C@H]1CC1C. The van der Waals surface area contributed by atoms with Gasteiger partial charge in [0.2, 0.25) is 0 Å². The summed E-state index contributed by atoms with van der Waals surface area (Å²) < 4.78 is 4.51. The molecule has 2 nitrogen and oxygen atoms in total. The summed E-state index contributed by atoms with van der Waals surface area (Å²) in [5.74, 6) is 0.750. The molecule has 2 atom stereocenters. The molecule has 1 aliphatic carbocycles. The summed E-state index contributed by atoms with van der Waals surface area (Å²) in [5, 5.41) is 0. The van der Waals surface area contributed by atoms with Gasteiger partial charge in [0.05, 0.1) is 13.0 Å². The second kappa shape index (κ2) is 1.77. The molecule has 0 aromatic carbocycles. The van der Waals surface area contributed by atoms with Gasteiger partial charge >= 0.3 is 5.97 Å². The number of hydrogen-bond donors (Lipinski definition) is 0. The van der Waals surface area contributed by atoms with Gasteiger partial charge in [-0.25, -0.2) is 0 Å². The van der Waals surface area contributed by atoms with Crippen LogP contribution in [0.2, 0.25) is 0 Å². The number of rotatable bonds is 1. The van der Waals surface area contributed by atoms with Crippen LogP contribution in [0.1, 0.15) is 13.3 Å². The predicted molar refractivity (Wildman–Crippen MR) is 29.3 cm³/mol. The van der Waals surface area contributed by atoms with E-state index >= 15 is 0 Å². The maximum Gasteiger partial charge on any atom is 0.308 e. The van der Waals surface area contributed by atoms with Gasteiger partial charge < -0.3 is 4.74 Å². The van der Waals surface area contributed by atoms with Crippen molar-refractivity contribution in [1.29, 1.82) is 0 Å². The first-order valence-electron chi connectivity index (χ1n) is 2.83. The van der Waals surface area contributed by atoms with Gasteiger partial charge in [-0.05, 0) is 12.3 Å². The molecule has 2 heteroatoms. The molecule has 1 fully saturated rings. The molecule has 0 bridgehead atoms. The van der Waals surface area contributed by atoms with Crippen molar-refractivity contribution in [2.45, 2.75) is 13.3 Å². The number of hydrogen-bond acceptors (Lipinski definition) is 2. The molecule has 1 aliphatic rings. The van der Waals surface area contributed by atoms with Crippen LogP contribution in [-0.4, -0.2) is 13.1 Å². The average molecular weight is 114 g/mol. The predicted octanol–water partition coefficient (Wildman–Crippen LogP) is 0.815. The molecule has 46 valence electrons. The van der Waals surface area contributed by atoms with Crippen LogP contribution < -0.4 is 0 Å². The van der Waals surface area contributed by atoms with Gasteiger partial charge in [0.1, 0.15) is 0 Å². The van der Waals surface area contributed by atoms with Crippen molar-refractivity contribution in [3.05, 3.63) is 0 Å². The van der Waals surface area contributed by atoms with Gasteiger partial charge in [-0.2, -0.15) is 0 Å². The molecule has 1 saturated carbocycles. The van der Waals surface area contributed by atoms with Gasteiger partial charge in [0.15, 0.2) is 0 Å². The Bertz CT molecular complexity index is 109. The first-order valence-corrected chi connectivity index (χ1v) is 2.83. The van der Waals surface area contributed by atoms with Crippen molar-refractivity contribution in [3.8, 4) is 0 Å². The van der Waals surface area contributed by atoms with Crippen molar-refractivity contribution in [3.63, 3.8) is 0 Å². The Kier molecular flexibility index (Phi) is 1.24. The quantitative estimate of drug-likeness (QED) is 0.472. The molecular weight excluding hydrogens is 104 g/mol. The Labute approximate surface area is 48.8 Å². The molecule has 0 N–H and O–H groups in total. The van der Waals surface area contributed by atoms with E-state index in [4.69, 9.17) is 0 Å². The lowest BCUT2D eigenvalue weighted by Crippen LogP contribution is -2.02. The highest BCUT2D eigenvalue weighted by Gasteiger charge is 2.39. The van der Waals surface area contributed by atoms with Gasteiger partial charge in [-0.1, -0.05) is 6.92 Å². The molecule has 0 heterocycles. The van der Waals surface area contributed by atoms with E-state index in [0.717, 1.165) is 6.42 Å². The molecule has 0 aromatic heterocycles. The fraction of sp³-hybridized carbons (Fsp3) is 0.833. The Morgan fingerprint density at radius 3 is 2.38 bits per heavy atom. The number of esters is 1. The largest absolute Gasteiger partial charge is 0.469 e. The number of ether oxygens (including phenoxy) is 1. The minimum absolute atomic E-state index is 0.0440. The van der Waals surface area contributed by atoms with Crippen LogP contribution >= 0.6 is 0 Å². The highest BCUT2D eigenvalue weighted by Crippen LogP contribution is 2.38. The summed E-state index contributed by atoms with van der Waals surface area (Å²) in [7, 11) is 1.44. The zero-order valence-corrected chi connectivity index (χ0v) is 5.18. The lowest BCUT2D eigenvalue weighted by Gasteiger charge is -1.91. The van der Waals surface area contributed by atoms with Crippen LogP contribution in [0.3, 0.4) is 0 Å². The fourth-order valence-corrected chi connectivity index (χ4v) is 0.802. The van der Waals surface area contributed by atoms with Crippen LogP contribution in [0.15, 0.2) is 0 Å². The minimum Gasteiger partial charge on any atom is -0.469 e. The van der Waals surface area contributed by atoms with E-state index < -0.39 is 0 Å². The molecule has 0 spiro atoms. The Balaban J connectivity index is 2.28. The first kappa shape index (κ1) is 5.60. The van der Waals surface area contributed by atoms with Gasteiger partial charge in [0.25, 0.3) is 0 Å². The Morgan fingerprint density at radius 1 is 1.75 bits per heavy atom. The minimum atomic E-state index is -0.0440. The van der Waals surface area contributed by atoms with Crippen LogP contribution in [0.4, 0.5) is 0 Å². The monoisotopic (exact) mass is 114 g/mol. The van der Waals surface area contributed by atoms with Crippen molar-refractivity contribution < 1.29 is 9.53 Å². The molecule has 0 radical (unpaired) electrons. The highest BCUT2D eigenvalue weighted by molar-refractivity contribution is 5.75. The number of carbonyl (C=O) groups excluding carboxylic acids is 1. The van der Waals surface area contributed by atoms with E-state index in [1.807, 2.05) is 0 Å². The Morgan fingerprint density at radius 2 is 2.25 bits per heavy atom. The van der Waals surface area contributed by atoms with E-state index in [2.05, 4.69) is 11.7 Å². The lowest BCUT2D eigenvalue weighted by molar-refractivity contribution is -0.142. The molecule has 0 aromatic rings. The van der Waals surface area contributed by atoms with Crippen LogP contribution in [-0.2, 0) is 9.53 Å². The molecule has 0 saturated heterocycles. The zero-order valence-electron chi connectivity index (χ0n) is 5.18. The third kappa shape index (κ3) is 0.831. The molecule has 1 rings (SSSR count). The topological polar surface area (TPSA) is 26.3 Å². The van der Waals surface area contributed by atoms with E-state index in [1.165, 1.54) is 7.11 Å². The summed E-state index contributed by atoms with van der Waals surface area (Å²) in [6.45, 7) is 2.06. The second-order valence-electron chi connectivity index (χ2n) is 2.34. The maximum atomic E-state index is 10.6. The highest BCUT2D eigenvalue weighted by atomic mass is 16.5. The van der Waals surface area contributed by atoms with Crippen LogP contribution in [0, 0.1) is 11.8 Å². The van der Waals surface area contributed by atoms with E-state index in [1.54, 1.807) is 0 Å². The van der Waals surface area contributed by atoms with E-state index in [9.17, 15) is 4.79 Å². The van der Waals surface area contributed by atoms with Gasteiger partial charge in [-0.15, -0.1) is 0 Å². The van der Waals surface area contributed by atoms with Gasteiger partial charge in [0, 0.05) is 0 Å². The summed E-state index contributed by atoms with van der Waals surface area (Å²) in [6, 6.07) is 0. The first-order chi connectivity index (χ1) is 3.75. The summed E-state index contributed by atoms with van der Waals surface area (Å²) >= 11 is 0. The summed E-state index contributed by atoms with van der Waals surface area (Å²) in [4.78, 5) is 10.6. The normalized spacial score (nSPS) is 34.2. The average Bonchev–Trinajstić information content (AvgIpc) is 2.45. The van der Waals surface area contributed by atoms with Crippen LogP contribution in [0.5, 0.6) is 0 Å². The molecular formula is C6H10O2. The number of methoxy groups -OCH3 is 1. The standard InChI is InChI=1S/C6H10O2/c1-4-3-5(4)6(7)8-2/h4-5H,3H2,1-2H3/t4?,5-/m0/s1. The fourth-order valence-electron chi connectivity index (χ4n) is 0.802. The number of carbonyl (C=O) groups is 1. The third-order valence-corrected chi connectivity index (χ3v) is 1.61. The molecule has 0 aliphatic heterocycles. The van der Waals surface area contributed by atoms with Crippen molar-refractivity contribution in [1.82, 2.24) is 0 Å². The Hall–Kier alpha value is -0.530. The molecule has 8 heavy (non-hydrogen) atoms. The van der Waals surface area contributed by atoms with Crippen molar-refractivity contribution in [2.24, 2.45) is 11.8 Å². The van der Waals surface area contributed by atoms with Crippen LogP contribution in [0.25, 0.3) is 0 Å². The van der Waals surface area contributed by atoms with Gasteiger partial charge in [-0.3, -0.25) is 4.79 Å².